The molecule has 0 aliphatic rings. The molecule has 0 saturated heterocycles. The maximum atomic E-state index is 9.94. The summed E-state index contributed by atoms with van der Waals surface area (Å²) in [5.41, 5.74) is 0. The van der Waals surface area contributed by atoms with Crippen LogP contribution in [0.3, 0.4) is 0 Å². The van der Waals surface area contributed by atoms with Gasteiger partial charge in [0.25, 0.3) is 0 Å². The van der Waals surface area contributed by atoms with E-state index in [-0.39, 0.29) is 13.2 Å². The zero-order valence-electron chi connectivity index (χ0n) is 8.28. The van der Waals surface area contributed by atoms with Crippen LogP contribution in [0.4, 0.5) is 4.79 Å². The highest BCUT2D eigenvalue weighted by Crippen LogP contribution is 2.00. The van der Waals surface area contributed by atoms with Gasteiger partial charge < -0.3 is 19.7 Å². The van der Waals surface area contributed by atoms with E-state index in [1.165, 1.54) is 0 Å². The summed E-state index contributed by atoms with van der Waals surface area (Å²) in [4.78, 5) is 9.94. The van der Waals surface area contributed by atoms with Crippen molar-refractivity contribution in [3.05, 3.63) is 0 Å². The van der Waals surface area contributed by atoms with E-state index >= 15 is 0 Å². The van der Waals surface area contributed by atoms with Gasteiger partial charge in [-0.25, -0.2) is 4.79 Å². The first-order valence-electron chi connectivity index (χ1n) is 4.81. The zero-order chi connectivity index (χ0) is 10.6. The van der Waals surface area contributed by atoms with Crippen molar-refractivity contribution in [1.82, 2.24) is 0 Å². The Morgan fingerprint density at radius 3 is 2.21 bits per heavy atom. The first kappa shape index (κ1) is 13.2. The first-order valence-corrected chi connectivity index (χ1v) is 4.81. The molecule has 0 atom stereocenters. The lowest BCUT2D eigenvalue weighted by Crippen LogP contribution is -2.02. The van der Waals surface area contributed by atoms with Crippen molar-refractivity contribution in [2.75, 3.05) is 26.4 Å². The van der Waals surface area contributed by atoms with E-state index in [1.807, 2.05) is 0 Å². The number of unbranched alkanes of at least 4 members (excludes halogenated alkanes) is 3. The van der Waals surface area contributed by atoms with Crippen molar-refractivity contribution in [2.45, 2.75) is 25.7 Å². The summed E-state index contributed by atoms with van der Waals surface area (Å²) in [6.45, 7) is 1.38. The van der Waals surface area contributed by atoms with E-state index in [1.54, 1.807) is 0 Å². The Morgan fingerprint density at radius 1 is 1.00 bits per heavy atom. The standard InChI is InChI=1S/C9H18O5/c10-5-8-13-6-3-1-2-4-7-14-9(11)12/h10H,1-8H2,(H,11,12). The number of hydrogen-bond donors (Lipinski definition) is 2. The number of carboxylic acid groups (broad SMARTS) is 1. The van der Waals surface area contributed by atoms with Gasteiger partial charge in [-0.1, -0.05) is 6.42 Å². The smallest absolute Gasteiger partial charge is 0.450 e. The molecule has 0 radical (unpaired) electrons. The third kappa shape index (κ3) is 11.2. The molecule has 2 N–H and O–H groups in total. The van der Waals surface area contributed by atoms with E-state index < -0.39 is 6.16 Å². The number of aliphatic hydroxyl groups excluding tert-OH is 1. The lowest BCUT2D eigenvalue weighted by Gasteiger charge is -2.02. The molecule has 0 aromatic heterocycles. The topological polar surface area (TPSA) is 76.0 Å². The van der Waals surface area contributed by atoms with Gasteiger partial charge >= 0.3 is 6.16 Å². The molecule has 0 heterocycles. The molecule has 0 spiro atoms. The van der Waals surface area contributed by atoms with Gasteiger partial charge in [0.15, 0.2) is 0 Å². The van der Waals surface area contributed by atoms with Gasteiger partial charge in [0, 0.05) is 6.61 Å². The Balaban J connectivity index is 2.88. The van der Waals surface area contributed by atoms with E-state index in [4.69, 9.17) is 14.9 Å². The van der Waals surface area contributed by atoms with Gasteiger partial charge in [0.05, 0.1) is 19.8 Å². The predicted molar refractivity (Wildman–Crippen MR) is 50.3 cm³/mol. The van der Waals surface area contributed by atoms with Crippen LogP contribution >= 0.6 is 0 Å². The van der Waals surface area contributed by atoms with Gasteiger partial charge in [0.2, 0.25) is 0 Å². The molecule has 0 amide bonds. The fraction of sp³-hybridized carbons (Fsp3) is 0.889. The highest BCUT2D eigenvalue weighted by molar-refractivity contribution is 5.56. The minimum absolute atomic E-state index is 0.0620. The van der Waals surface area contributed by atoms with Crippen molar-refractivity contribution >= 4 is 6.16 Å². The van der Waals surface area contributed by atoms with Crippen molar-refractivity contribution in [3.8, 4) is 0 Å². The summed E-state index contributed by atoms with van der Waals surface area (Å²) in [5, 5.41) is 16.5. The molecule has 0 aliphatic carbocycles. The van der Waals surface area contributed by atoms with E-state index in [0.717, 1.165) is 25.7 Å². The lowest BCUT2D eigenvalue weighted by molar-refractivity contribution is 0.0852. The molecular formula is C9H18O5. The minimum atomic E-state index is -1.21. The molecule has 0 fully saturated rings. The van der Waals surface area contributed by atoms with Crippen LogP contribution in [0.2, 0.25) is 0 Å². The van der Waals surface area contributed by atoms with Gasteiger partial charge in [-0.3, -0.25) is 0 Å². The molecule has 0 bridgehead atoms. The fourth-order valence-corrected chi connectivity index (χ4v) is 0.986. The zero-order valence-corrected chi connectivity index (χ0v) is 8.28. The normalized spacial score (nSPS) is 10.1. The summed E-state index contributed by atoms with van der Waals surface area (Å²) in [5.74, 6) is 0. The SMILES string of the molecule is O=C(O)OCCCCCCOCCO. The highest BCUT2D eigenvalue weighted by atomic mass is 16.7. The molecule has 5 nitrogen and oxygen atoms in total. The Morgan fingerprint density at radius 2 is 1.64 bits per heavy atom. The van der Waals surface area contributed by atoms with Crippen LogP contribution in [0.1, 0.15) is 25.7 Å². The quantitative estimate of drug-likeness (QED) is 0.438. The lowest BCUT2D eigenvalue weighted by atomic mass is 10.2. The van der Waals surface area contributed by atoms with Crippen LogP contribution in [0.5, 0.6) is 0 Å². The molecule has 14 heavy (non-hydrogen) atoms. The van der Waals surface area contributed by atoms with Crippen LogP contribution in [0.15, 0.2) is 0 Å². The largest absolute Gasteiger partial charge is 0.505 e. The summed E-state index contributed by atoms with van der Waals surface area (Å²) in [6, 6.07) is 0. The minimum Gasteiger partial charge on any atom is -0.450 e. The number of hydrogen-bond acceptors (Lipinski definition) is 4. The monoisotopic (exact) mass is 206 g/mol. The van der Waals surface area contributed by atoms with E-state index in [9.17, 15) is 4.79 Å². The molecular weight excluding hydrogens is 188 g/mol. The second-order valence-electron chi connectivity index (χ2n) is 2.86. The maximum Gasteiger partial charge on any atom is 0.505 e. The number of carbonyl (C=O) groups is 1. The Hall–Kier alpha value is -0.810. The van der Waals surface area contributed by atoms with Crippen molar-refractivity contribution in [1.29, 1.82) is 0 Å². The van der Waals surface area contributed by atoms with E-state index in [2.05, 4.69) is 4.74 Å². The van der Waals surface area contributed by atoms with Gasteiger partial charge in [-0.2, -0.15) is 0 Å². The second-order valence-corrected chi connectivity index (χ2v) is 2.86. The Bertz CT molecular complexity index is 137. The van der Waals surface area contributed by atoms with Crippen LogP contribution in [-0.4, -0.2) is 42.8 Å². The van der Waals surface area contributed by atoms with Crippen LogP contribution in [0.25, 0.3) is 0 Å². The Kier molecular flexibility index (Phi) is 9.68. The third-order valence-corrected chi connectivity index (χ3v) is 1.64. The van der Waals surface area contributed by atoms with Crippen LogP contribution < -0.4 is 0 Å². The average molecular weight is 206 g/mol. The van der Waals surface area contributed by atoms with Gasteiger partial charge in [-0.05, 0) is 19.3 Å². The maximum absolute atomic E-state index is 9.94. The summed E-state index contributed by atoms with van der Waals surface area (Å²) in [6.07, 6.45) is 2.42. The van der Waals surface area contributed by atoms with Crippen molar-refractivity contribution in [2.24, 2.45) is 0 Å². The second kappa shape index (κ2) is 10.3. The summed E-state index contributed by atoms with van der Waals surface area (Å²) < 4.78 is 9.39. The van der Waals surface area contributed by atoms with Crippen LogP contribution in [-0.2, 0) is 9.47 Å². The molecule has 0 unspecified atom stereocenters. The molecule has 84 valence electrons. The summed E-state index contributed by atoms with van der Waals surface area (Å²) >= 11 is 0. The molecule has 5 heteroatoms. The average Bonchev–Trinajstić information content (AvgIpc) is 2.15. The van der Waals surface area contributed by atoms with Crippen LogP contribution in [0, 0.1) is 0 Å². The summed E-state index contributed by atoms with van der Waals surface area (Å²) in [7, 11) is 0. The fourth-order valence-electron chi connectivity index (χ4n) is 0.986. The molecule has 0 rings (SSSR count). The molecule has 0 aromatic carbocycles. The molecule has 0 saturated carbocycles. The third-order valence-electron chi connectivity index (χ3n) is 1.64. The highest BCUT2D eigenvalue weighted by Gasteiger charge is 1.95. The van der Waals surface area contributed by atoms with Gasteiger partial charge in [0.1, 0.15) is 0 Å². The van der Waals surface area contributed by atoms with E-state index in [0.29, 0.717) is 13.2 Å². The van der Waals surface area contributed by atoms with Crippen molar-refractivity contribution in [3.63, 3.8) is 0 Å². The molecule has 0 aromatic rings. The van der Waals surface area contributed by atoms with Gasteiger partial charge in [-0.15, -0.1) is 0 Å². The molecule has 0 aliphatic heterocycles. The van der Waals surface area contributed by atoms with Crippen molar-refractivity contribution < 1.29 is 24.5 Å². The Labute approximate surface area is 83.6 Å². The number of aliphatic hydroxyl groups is 1. The predicted octanol–water partition coefficient (Wildman–Crippen LogP) is 1.25. The number of ether oxygens (including phenoxy) is 2. The first-order chi connectivity index (χ1) is 6.77. The number of rotatable bonds is 9.